The number of nitrogens with zero attached hydrogens (tertiary/aromatic N) is 1. The number of nitrogens with one attached hydrogen (secondary N) is 1. The molecule has 0 amide bonds. The third-order valence-corrected chi connectivity index (χ3v) is 7.23. The molecule has 0 aliphatic carbocycles. The van der Waals surface area contributed by atoms with Crippen molar-refractivity contribution in [3.05, 3.63) is 100 Å². The topological polar surface area (TPSA) is 88.7 Å². The minimum absolute atomic E-state index is 0.0317. The fourth-order valence-electron chi connectivity index (χ4n) is 3.65. The lowest BCUT2D eigenvalue weighted by atomic mass is 10.1. The zero-order valence-corrected chi connectivity index (χ0v) is 19.4. The van der Waals surface area contributed by atoms with Gasteiger partial charge in [-0.3, -0.25) is 4.79 Å². The molecule has 0 aliphatic rings. The van der Waals surface area contributed by atoms with Crippen molar-refractivity contribution in [2.24, 2.45) is 0 Å². The van der Waals surface area contributed by atoms with Crippen LogP contribution in [0.1, 0.15) is 11.1 Å². The van der Waals surface area contributed by atoms with Crippen LogP contribution in [0.15, 0.2) is 82.5 Å². The molecule has 4 aromatic rings. The van der Waals surface area contributed by atoms with E-state index in [-0.39, 0.29) is 23.5 Å². The van der Waals surface area contributed by atoms with Gasteiger partial charge in [0, 0.05) is 30.1 Å². The van der Waals surface area contributed by atoms with Gasteiger partial charge in [0.1, 0.15) is 5.82 Å². The number of benzene rings is 3. The standard InChI is InChI=1S/C25H23FN2O5S/c1-32-23-13-18-12-19(25(29)27-22(18)14-24(23)33-2)16-28(15-17-6-4-3-5-7-17)34(30,31)21-10-8-20(26)9-11-21/h3-14H,15-16H2,1-2H3,(H,27,29). The lowest BCUT2D eigenvalue weighted by Gasteiger charge is -2.22. The summed E-state index contributed by atoms with van der Waals surface area (Å²) in [5.41, 5.74) is 1.10. The van der Waals surface area contributed by atoms with Gasteiger partial charge in [0.25, 0.3) is 5.56 Å². The summed E-state index contributed by atoms with van der Waals surface area (Å²) in [5.74, 6) is 0.403. The number of hydrogen-bond donors (Lipinski definition) is 1. The highest BCUT2D eigenvalue weighted by Gasteiger charge is 2.26. The number of rotatable bonds is 8. The van der Waals surface area contributed by atoms with E-state index in [9.17, 15) is 17.6 Å². The third-order valence-electron chi connectivity index (χ3n) is 5.43. The van der Waals surface area contributed by atoms with E-state index in [0.29, 0.717) is 22.4 Å². The Kier molecular flexibility index (Phi) is 6.67. The number of ether oxygens (including phenoxy) is 2. The highest BCUT2D eigenvalue weighted by Crippen LogP contribution is 2.31. The van der Waals surface area contributed by atoms with Crippen molar-refractivity contribution in [3.8, 4) is 11.5 Å². The average Bonchev–Trinajstić information content (AvgIpc) is 2.84. The number of methoxy groups -OCH3 is 2. The molecule has 0 unspecified atom stereocenters. The molecule has 1 N–H and O–H groups in total. The Labute approximate surface area is 196 Å². The first-order valence-electron chi connectivity index (χ1n) is 10.4. The van der Waals surface area contributed by atoms with E-state index in [1.165, 1.54) is 30.7 Å². The minimum atomic E-state index is -4.04. The van der Waals surface area contributed by atoms with E-state index in [0.717, 1.165) is 17.7 Å². The number of aromatic amines is 1. The van der Waals surface area contributed by atoms with Gasteiger partial charge in [-0.1, -0.05) is 30.3 Å². The number of H-pyrrole nitrogens is 1. The van der Waals surface area contributed by atoms with Crippen LogP contribution in [0.5, 0.6) is 11.5 Å². The van der Waals surface area contributed by atoms with Crippen LogP contribution in [0, 0.1) is 5.82 Å². The summed E-state index contributed by atoms with van der Waals surface area (Å²) < 4.78 is 52.2. The quantitative estimate of drug-likeness (QED) is 0.409. The van der Waals surface area contributed by atoms with Crippen molar-refractivity contribution in [3.63, 3.8) is 0 Å². The monoisotopic (exact) mass is 482 g/mol. The maximum absolute atomic E-state index is 13.5. The second-order valence-corrected chi connectivity index (χ2v) is 9.57. The van der Waals surface area contributed by atoms with Crippen LogP contribution >= 0.6 is 0 Å². The highest BCUT2D eigenvalue weighted by molar-refractivity contribution is 7.89. The normalized spacial score (nSPS) is 11.6. The molecule has 0 saturated heterocycles. The predicted molar refractivity (Wildman–Crippen MR) is 127 cm³/mol. The van der Waals surface area contributed by atoms with Gasteiger partial charge in [-0.2, -0.15) is 4.31 Å². The van der Waals surface area contributed by atoms with Gasteiger partial charge < -0.3 is 14.5 Å². The van der Waals surface area contributed by atoms with Gasteiger partial charge in [-0.15, -0.1) is 0 Å². The summed E-state index contributed by atoms with van der Waals surface area (Å²) in [6, 6.07) is 18.7. The third kappa shape index (κ3) is 4.80. The van der Waals surface area contributed by atoms with Gasteiger partial charge in [0.15, 0.2) is 11.5 Å². The van der Waals surface area contributed by atoms with Gasteiger partial charge >= 0.3 is 0 Å². The lowest BCUT2D eigenvalue weighted by Crippen LogP contribution is -2.32. The first-order valence-corrected chi connectivity index (χ1v) is 11.8. The van der Waals surface area contributed by atoms with Crippen LogP contribution in [0.2, 0.25) is 0 Å². The average molecular weight is 483 g/mol. The fraction of sp³-hybridized carbons (Fsp3) is 0.160. The highest BCUT2D eigenvalue weighted by atomic mass is 32.2. The smallest absolute Gasteiger partial charge is 0.252 e. The van der Waals surface area contributed by atoms with Crippen LogP contribution < -0.4 is 15.0 Å². The van der Waals surface area contributed by atoms with E-state index in [1.807, 2.05) is 6.07 Å². The molecule has 4 rings (SSSR count). The maximum Gasteiger partial charge on any atom is 0.252 e. The van der Waals surface area contributed by atoms with Crippen LogP contribution in [-0.4, -0.2) is 31.9 Å². The number of fused-ring (bicyclic) bond motifs is 1. The molecule has 9 heteroatoms. The van der Waals surface area contributed by atoms with E-state index in [1.54, 1.807) is 42.5 Å². The van der Waals surface area contributed by atoms with Crippen LogP contribution in [0.4, 0.5) is 4.39 Å². The van der Waals surface area contributed by atoms with Crippen molar-refractivity contribution in [1.29, 1.82) is 0 Å². The maximum atomic E-state index is 13.5. The molecular formula is C25H23FN2O5S. The predicted octanol–water partition coefficient (Wildman–Crippen LogP) is 4.08. The second-order valence-electron chi connectivity index (χ2n) is 7.63. The zero-order valence-electron chi connectivity index (χ0n) is 18.6. The first kappa shape index (κ1) is 23.5. The van der Waals surface area contributed by atoms with Crippen LogP contribution in [0.3, 0.4) is 0 Å². The molecule has 1 heterocycles. The summed E-state index contributed by atoms with van der Waals surface area (Å²) in [4.78, 5) is 15.6. The Hall–Kier alpha value is -3.69. The summed E-state index contributed by atoms with van der Waals surface area (Å²) in [7, 11) is -1.03. The van der Waals surface area contributed by atoms with Crippen molar-refractivity contribution < 1.29 is 22.3 Å². The molecule has 34 heavy (non-hydrogen) atoms. The number of hydrogen-bond acceptors (Lipinski definition) is 5. The molecule has 0 bridgehead atoms. The fourth-order valence-corrected chi connectivity index (χ4v) is 5.06. The number of aromatic nitrogens is 1. The Morgan fingerprint density at radius 1 is 0.882 bits per heavy atom. The number of pyridine rings is 1. The molecule has 3 aromatic carbocycles. The van der Waals surface area contributed by atoms with Gasteiger partial charge in [0.2, 0.25) is 10.0 Å². The second kappa shape index (κ2) is 9.66. The van der Waals surface area contributed by atoms with Gasteiger partial charge in [-0.05, 0) is 42.0 Å². The molecule has 0 saturated carbocycles. The van der Waals surface area contributed by atoms with Crippen molar-refractivity contribution in [2.75, 3.05) is 14.2 Å². The van der Waals surface area contributed by atoms with Crippen LogP contribution in [-0.2, 0) is 23.1 Å². The first-order chi connectivity index (χ1) is 16.3. The molecule has 0 fully saturated rings. The Morgan fingerprint density at radius 2 is 1.53 bits per heavy atom. The van der Waals surface area contributed by atoms with Crippen molar-refractivity contribution in [2.45, 2.75) is 18.0 Å². The van der Waals surface area contributed by atoms with Crippen LogP contribution in [0.25, 0.3) is 10.9 Å². The summed E-state index contributed by atoms with van der Waals surface area (Å²) in [6.45, 7) is -0.155. The molecule has 176 valence electrons. The van der Waals surface area contributed by atoms with E-state index in [2.05, 4.69) is 4.98 Å². The Morgan fingerprint density at radius 3 is 2.18 bits per heavy atom. The minimum Gasteiger partial charge on any atom is -0.493 e. The molecule has 1 aromatic heterocycles. The molecule has 7 nitrogen and oxygen atoms in total. The van der Waals surface area contributed by atoms with Gasteiger partial charge in [-0.25, -0.2) is 12.8 Å². The van der Waals surface area contributed by atoms with E-state index >= 15 is 0 Å². The lowest BCUT2D eigenvalue weighted by molar-refractivity contribution is 0.355. The van der Waals surface area contributed by atoms with E-state index in [4.69, 9.17) is 9.47 Å². The molecular weight excluding hydrogens is 459 g/mol. The summed E-state index contributed by atoms with van der Waals surface area (Å²) in [6.07, 6.45) is 0. The van der Waals surface area contributed by atoms with Gasteiger partial charge in [0.05, 0.1) is 24.6 Å². The molecule has 0 spiro atoms. The Bertz CT molecular complexity index is 1470. The van der Waals surface area contributed by atoms with Crippen molar-refractivity contribution >= 4 is 20.9 Å². The Balaban J connectivity index is 1.78. The van der Waals surface area contributed by atoms with Crippen molar-refractivity contribution in [1.82, 2.24) is 9.29 Å². The molecule has 0 atom stereocenters. The number of halogens is 1. The summed E-state index contributed by atoms with van der Waals surface area (Å²) >= 11 is 0. The molecule has 0 radical (unpaired) electrons. The number of sulfonamides is 1. The zero-order chi connectivity index (χ0) is 24.3. The largest absolute Gasteiger partial charge is 0.493 e. The molecule has 0 aliphatic heterocycles. The summed E-state index contributed by atoms with van der Waals surface area (Å²) in [5, 5.41) is 0.658. The van der Waals surface area contributed by atoms with E-state index < -0.39 is 21.4 Å². The SMILES string of the molecule is COc1cc2cc(CN(Cc3ccccc3)S(=O)(=O)c3ccc(F)cc3)c(=O)[nH]c2cc1OC.